The zero-order chi connectivity index (χ0) is 15.1. The Balaban J connectivity index is 2.29. The number of fused-ring (bicyclic) bond motifs is 1. The molecule has 0 N–H and O–H groups in total. The fraction of sp³-hybridized carbons (Fsp3) is 0.375. The lowest BCUT2D eigenvalue weighted by Crippen LogP contribution is -2.36. The van der Waals surface area contributed by atoms with Crippen molar-refractivity contribution in [3.05, 3.63) is 42.1 Å². The highest BCUT2D eigenvalue weighted by atomic mass is 16.5. The van der Waals surface area contributed by atoms with E-state index in [4.69, 9.17) is 9.47 Å². The highest BCUT2D eigenvalue weighted by Crippen LogP contribution is 2.17. The Bertz CT molecular complexity index is 588. The van der Waals surface area contributed by atoms with Crippen LogP contribution >= 0.6 is 0 Å². The highest BCUT2D eigenvalue weighted by molar-refractivity contribution is 6.05. The van der Waals surface area contributed by atoms with Crippen molar-refractivity contribution >= 4 is 16.8 Å². The number of benzene rings is 1. The number of hydrogen-bond donors (Lipinski definition) is 0. The van der Waals surface area contributed by atoms with Crippen molar-refractivity contribution in [3.63, 3.8) is 0 Å². The molecule has 0 aliphatic rings. The van der Waals surface area contributed by atoms with Crippen molar-refractivity contribution in [2.45, 2.75) is 0 Å². The second-order valence-electron chi connectivity index (χ2n) is 4.65. The molecule has 0 aliphatic carbocycles. The summed E-state index contributed by atoms with van der Waals surface area (Å²) in [5.41, 5.74) is 1.48. The van der Waals surface area contributed by atoms with Gasteiger partial charge in [-0.1, -0.05) is 18.2 Å². The molecule has 5 nitrogen and oxygen atoms in total. The van der Waals surface area contributed by atoms with Gasteiger partial charge in [0.25, 0.3) is 5.91 Å². The molecule has 21 heavy (non-hydrogen) atoms. The van der Waals surface area contributed by atoms with Gasteiger partial charge in [-0.3, -0.25) is 9.78 Å². The monoisotopic (exact) mass is 288 g/mol. The molecule has 2 aromatic rings. The smallest absolute Gasteiger partial charge is 0.254 e. The van der Waals surface area contributed by atoms with Crippen LogP contribution in [0.3, 0.4) is 0 Å². The van der Waals surface area contributed by atoms with E-state index in [-0.39, 0.29) is 5.91 Å². The first kappa shape index (κ1) is 15.4. The van der Waals surface area contributed by atoms with Gasteiger partial charge in [-0.25, -0.2) is 0 Å². The summed E-state index contributed by atoms with van der Waals surface area (Å²) in [5, 5.41) is 0.866. The molecular formula is C16H20N2O3. The first-order valence-corrected chi connectivity index (χ1v) is 6.89. The van der Waals surface area contributed by atoms with Gasteiger partial charge in [0.2, 0.25) is 0 Å². The maximum atomic E-state index is 12.8. The fourth-order valence-corrected chi connectivity index (χ4v) is 2.17. The van der Waals surface area contributed by atoms with Gasteiger partial charge in [0.15, 0.2) is 0 Å². The molecule has 0 unspecified atom stereocenters. The third-order valence-corrected chi connectivity index (χ3v) is 3.30. The van der Waals surface area contributed by atoms with Crippen LogP contribution < -0.4 is 0 Å². The Morgan fingerprint density at radius 3 is 2.43 bits per heavy atom. The van der Waals surface area contributed by atoms with E-state index in [1.807, 2.05) is 24.3 Å². The summed E-state index contributed by atoms with van der Waals surface area (Å²) in [4.78, 5) is 18.8. The molecule has 5 heteroatoms. The van der Waals surface area contributed by atoms with Crippen LogP contribution in [-0.4, -0.2) is 56.3 Å². The number of hydrogen-bond acceptors (Lipinski definition) is 4. The van der Waals surface area contributed by atoms with Crippen LogP contribution in [0.4, 0.5) is 0 Å². The summed E-state index contributed by atoms with van der Waals surface area (Å²) >= 11 is 0. The third-order valence-electron chi connectivity index (χ3n) is 3.30. The van der Waals surface area contributed by atoms with E-state index in [1.54, 1.807) is 31.4 Å². The Kier molecular flexibility index (Phi) is 5.66. The van der Waals surface area contributed by atoms with E-state index in [0.717, 1.165) is 10.9 Å². The van der Waals surface area contributed by atoms with E-state index in [9.17, 15) is 4.79 Å². The molecule has 1 aromatic heterocycles. The molecule has 1 heterocycles. The molecule has 0 saturated heterocycles. The maximum absolute atomic E-state index is 12.8. The number of rotatable bonds is 7. The molecule has 0 atom stereocenters. The lowest BCUT2D eigenvalue weighted by molar-refractivity contribution is 0.0629. The van der Waals surface area contributed by atoms with Gasteiger partial charge >= 0.3 is 0 Å². The van der Waals surface area contributed by atoms with Gasteiger partial charge in [0.05, 0.1) is 24.3 Å². The Labute approximate surface area is 124 Å². The van der Waals surface area contributed by atoms with Gasteiger partial charge in [-0.2, -0.15) is 0 Å². The normalized spacial score (nSPS) is 10.8. The minimum absolute atomic E-state index is 0.0253. The van der Waals surface area contributed by atoms with Gasteiger partial charge in [0.1, 0.15) is 0 Å². The number of carbonyl (C=O) groups excluding carboxylic acids is 1. The summed E-state index contributed by atoms with van der Waals surface area (Å²) in [6, 6.07) is 9.41. The third kappa shape index (κ3) is 3.77. The number of amides is 1. The van der Waals surface area contributed by atoms with Crippen LogP contribution in [-0.2, 0) is 9.47 Å². The fourth-order valence-electron chi connectivity index (χ4n) is 2.17. The number of carbonyl (C=O) groups is 1. The van der Waals surface area contributed by atoms with Crippen molar-refractivity contribution < 1.29 is 14.3 Å². The molecule has 0 radical (unpaired) electrons. The second kappa shape index (κ2) is 7.71. The van der Waals surface area contributed by atoms with Crippen LogP contribution in [0.1, 0.15) is 10.4 Å². The number of aromatic nitrogens is 1. The Morgan fingerprint density at radius 1 is 1.10 bits per heavy atom. The second-order valence-corrected chi connectivity index (χ2v) is 4.65. The minimum Gasteiger partial charge on any atom is -0.383 e. The molecule has 1 amide bonds. The predicted octanol–water partition coefficient (Wildman–Crippen LogP) is 1.97. The first-order chi connectivity index (χ1) is 10.3. The van der Waals surface area contributed by atoms with Gasteiger partial charge in [-0.15, -0.1) is 0 Å². The molecule has 1 aromatic carbocycles. The Morgan fingerprint density at radius 2 is 1.76 bits per heavy atom. The van der Waals surface area contributed by atoms with Crippen molar-refractivity contribution in [3.8, 4) is 0 Å². The molecule has 0 fully saturated rings. The summed E-state index contributed by atoms with van der Waals surface area (Å²) in [5.74, 6) is -0.0253. The van der Waals surface area contributed by atoms with Crippen LogP contribution in [0.25, 0.3) is 10.9 Å². The first-order valence-electron chi connectivity index (χ1n) is 6.89. The molecule has 2 rings (SSSR count). The number of nitrogens with zero attached hydrogens (tertiary/aromatic N) is 2. The quantitative estimate of drug-likeness (QED) is 0.781. The maximum Gasteiger partial charge on any atom is 0.254 e. The highest BCUT2D eigenvalue weighted by Gasteiger charge is 2.17. The average molecular weight is 288 g/mol. The molecule has 112 valence electrons. The van der Waals surface area contributed by atoms with Crippen LogP contribution in [0.2, 0.25) is 0 Å². The molecular weight excluding hydrogens is 268 g/mol. The van der Waals surface area contributed by atoms with Crippen molar-refractivity contribution in [2.75, 3.05) is 40.5 Å². The van der Waals surface area contributed by atoms with E-state index in [2.05, 4.69) is 4.98 Å². The SMILES string of the molecule is COCCN(CCOC)C(=O)c1ccnc2ccccc12. The van der Waals surface area contributed by atoms with E-state index in [0.29, 0.717) is 31.9 Å². The van der Waals surface area contributed by atoms with E-state index in [1.165, 1.54) is 0 Å². The van der Waals surface area contributed by atoms with Crippen LogP contribution in [0.5, 0.6) is 0 Å². The van der Waals surface area contributed by atoms with E-state index < -0.39 is 0 Å². The summed E-state index contributed by atoms with van der Waals surface area (Å²) in [6.07, 6.45) is 1.67. The molecule has 0 bridgehead atoms. The number of para-hydroxylation sites is 1. The van der Waals surface area contributed by atoms with Gasteiger partial charge in [-0.05, 0) is 12.1 Å². The molecule has 0 spiro atoms. The average Bonchev–Trinajstić information content (AvgIpc) is 2.54. The van der Waals surface area contributed by atoms with Crippen LogP contribution in [0, 0.1) is 0 Å². The molecule has 0 aliphatic heterocycles. The van der Waals surface area contributed by atoms with Crippen molar-refractivity contribution in [1.82, 2.24) is 9.88 Å². The zero-order valence-electron chi connectivity index (χ0n) is 12.4. The zero-order valence-corrected chi connectivity index (χ0v) is 12.4. The number of methoxy groups -OCH3 is 2. The summed E-state index contributed by atoms with van der Waals surface area (Å²) < 4.78 is 10.2. The molecule has 0 saturated carbocycles. The van der Waals surface area contributed by atoms with Gasteiger partial charge < -0.3 is 14.4 Å². The van der Waals surface area contributed by atoms with Crippen molar-refractivity contribution in [1.29, 1.82) is 0 Å². The topological polar surface area (TPSA) is 51.7 Å². The summed E-state index contributed by atoms with van der Waals surface area (Å²) in [6.45, 7) is 2.07. The van der Waals surface area contributed by atoms with E-state index >= 15 is 0 Å². The minimum atomic E-state index is -0.0253. The number of pyridine rings is 1. The van der Waals surface area contributed by atoms with Gasteiger partial charge in [0, 0.05) is 38.9 Å². The standard InChI is InChI=1S/C16H20N2O3/c1-20-11-9-18(10-12-21-2)16(19)14-7-8-17-15-6-4-3-5-13(14)15/h3-8H,9-12H2,1-2H3. The Hall–Kier alpha value is -1.98. The lowest BCUT2D eigenvalue weighted by atomic mass is 10.1. The lowest BCUT2D eigenvalue weighted by Gasteiger charge is -2.22. The predicted molar refractivity (Wildman–Crippen MR) is 81.4 cm³/mol. The number of ether oxygens (including phenoxy) is 2. The van der Waals surface area contributed by atoms with Crippen molar-refractivity contribution in [2.24, 2.45) is 0 Å². The summed E-state index contributed by atoms with van der Waals surface area (Å²) in [7, 11) is 3.25. The largest absolute Gasteiger partial charge is 0.383 e. The van der Waals surface area contributed by atoms with Crippen LogP contribution in [0.15, 0.2) is 36.5 Å².